The molecule has 2 N–H and O–H groups in total. The summed E-state index contributed by atoms with van der Waals surface area (Å²) in [6, 6.07) is 3.68. The lowest BCUT2D eigenvalue weighted by atomic mass is 10.4. The Bertz CT molecular complexity index is 404. The first-order valence-corrected chi connectivity index (χ1v) is 3.94. The third kappa shape index (κ3) is 1.33. The van der Waals surface area contributed by atoms with E-state index in [1.807, 2.05) is 19.2 Å². The summed E-state index contributed by atoms with van der Waals surface area (Å²) >= 11 is 0. The van der Waals surface area contributed by atoms with Gasteiger partial charge in [-0.1, -0.05) is 0 Å². The molecule has 0 aliphatic heterocycles. The molecule has 0 bridgehead atoms. The topological polar surface area (TPSA) is 69.9 Å². The van der Waals surface area contributed by atoms with Gasteiger partial charge >= 0.3 is 0 Å². The molecule has 5 nitrogen and oxygen atoms in total. The molecule has 13 heavy (non-hydrogen) atoms. The Kier molecular flexibility index (Phi) is 1.86. The first-order valence-electron chi connectivity index (χ1n) is 3.94. The number of hydrogen-bond acceptors (Lipinski definition) is 4. The molecule has 0 atom stereocenters. The van der Waals surface area contributed by atoms with Crippen LogP contribution in [0.15, 0.2) is 22.9 Å². The highest BCUT2D eigenvalue weighted by Crippen LogP contribution is 2.18. The second-order valence-corrected chi connectivity index (χ2v) is 2.68. The minimum atomic E-state index is 0.401. The molecule has 2 heterocycles. The highest BCUT2D eigenvalue weighted by molar-refractivity contribution is 5.46. The van der Waals surface area contributed by atoms with E-state index >= 15 is 0 Å². The highest BCUT2D eigenvalue weighted by atomic mass is 16.3. The van der Waals surface area contributed by atoms with Gasteiger partial charge < -0.3 is 10.2 Å². The summed E-state index contributed by atoms with van der Waals surface area (Å²) in [5.74, 6) is 2.15. The third-order valence-electron chi connectivity index (χ3n) is 1.79. The molecule has 0 aliphatic rings. The predicted octanol–water partition coefficient (Wildman–Crippen LogP) is 0.534. The van der Waals surface area contributed by atoms with Crippen LogP contribution >= 0.6 is 0 Å². The van der Waals surface area contributed by atoms with Crippen LogP contribution in [0, 0.1) is 0 Å². The van der Waals surface area contributed by atoms with Crippen LogP contribution in [0.25, 0.3) is 11.6 Å². The Morgan fingerprint density at radius 2 is 2.38 bits per heavy atom. The van der Waals surface area contributed by atoms with Gasteiger partial charge in [0.1, 0.15) is 12.1 Å². The minimum absolute atomic E-state index is 0.401. The molecule has 0 aromatic carbocycles. The minimum Gasteiger partial charge on any atom is -0.456 e. The van der Waals surface area contributed by atoms with Crippen LogP contribution in [0.4, 0.5) is 0 Å². The Labute approximate surface area is 75.2 Å². The normalized spacial score (nSPS) is 10.6. The smallest absolute Gasteiger partial charge is 0.193 e. The van der Waals surface area contributed by atoms with E-state index in [-0.39, 0.29) is 0 Å². The third-order valence-corrected chi connectivity index (χ3v) is 1.79. The van der Waals surface area contributed by atoms with Crippen molar-refractivity contribution in [2.24, 2.45) is 12.8 Å². The Balaban J connectivity index is 2.41. The fourth-order valence-corrected chi connectivity index (χ4v) is 1.13. The maximum atomic E-state index is 5.42. The zero-order chi connectivity index (χ0) is 9.26. The summed E-state index contributed by atoms with van der Waals surface area (Å²) in [7, 11) is 1.81. The van der Waals surface area contributed by atoms with Crippen molar-refractivity contribution in [2.45, 2.75) is 6.54 Å². The Morgan fingerprint density at radius 3 is 2.92 bits per heavy atom. The summed E-state index contributed by atoms with van der Waals surface area (Å²) < 4.78 is 7.06. The number of rotatable bonds is 2. The van der Waals surface area contributed by atoms with Crippen LogP contribution in [0.2, 0.25) is 0 Å². The van der Waals surface area contributed by atoms with Crippen molar-refractivity contribution in [1.29, 1.82) is 0 Å². The SMILES string of the molecule is Cn1ncnc1-c1ccc(CN)o1. The fraction of sp³-hybridized carbons (Fsp3) is 0.250. The lowest BCUT2D eigenvalue weighted by molar-refractivity contribution is 0.518. The molecule has 2 aromatic heterocycles. The van der Waals surface area contributed by atoms with Crippen LogP contribution in [0.1, 0.15) is 5.76 Å². The predicted molar refractivity (Wildman–Crippen MR) is 46.6 cm³/mol. The number of aromatic nitrogens is 3. The molecule has 0 saturated carbocycles. The van der Waals surface area contributed by atoms with Gasteiger partial charge in [0.05, 0.1) is 6.54 Å². The van der Waals surface area contributed by atoms with Gasteiger partial charge in [-0.2, -0.15) is 5.10 Å². The van der Waals surface area contributed by atoms with E-state index in [0.717, 1.165) is 5.76 Å². The van der Waals surface area contributed by atoms with Crippen LogP contribution < -0.4 is 5.73 Å². The molecule has 2 rings (SSSR count). The monoisotopic (exact) mass is 178 g/mol. The van der Waals surface area contributed by atoms with E-state index in [1.165, 1.54) is 6.33 Å². The van der Waals surface area contributed by atoms with E-state index in [2.05, 4.69) is 10.1 Å². The van der Waals surface area contributed by atoms with Gasteiger partial charge in [0.25, 0.3) is 0 Å². The van der Waals surface area contributed by atoms with Gasteiger partial charge in [-0.3, -0.25) is 0 Å². The van der Waals surface area contributed by atoms with Crippen molar-refractivity contribution in [2.75, 3.05) is 0 Å². The van der Waals surface area contributed by atoms with E-state index in [9.17, 15) is 0 Å². The van der Waals surface area contributed by atoms with Crippen molar-refractivity contribution >= 4 is 0 Å². The average Bonchev–Trinajstić information content (AvgIpc) is 2.71. The van der Waals surface area contributed by atoms with Gasteiger partial charge in [-0.25, -0.2) is 9.67 Å². The lowest BCUT2D eigenvalue weighted by Gasteiger charge is -1.94. The van der Waals surface area contributed by atoms with Crippen molar-refractivity contribution < 1.29 is 4.42 Å². The molecule has 0 saturated heterocycles. The van der Waals surface area contributed by atoms with Gasteiger partial charge in [-0.05, 0) is 12.1 Å². The molecule has 0 spiro atoms. The number of hydrogen-bond donors (Lipinski definition) is 1. The standard InChI is InChI=1S/C8H10N4O/c1-12-8(10-5-11-12)7-3-2-6(4-9)13-7/h2-3,5H,4,9H2,1H3. The molecular weight excluding hydrogens is 168 g/mol. The molecule has 5 heteroatoms. The highest BCUT2D eigenvalue weighted by Gasteiger charge is 2.08. The van der Waals surface area contributed by atoms with E-state index < -0.39 is 0 Å². The van der Waals surface area contributed by atoms with Gasteiger partial charge in [0, 0.05) is 7.05 Å². The molecule has 0 aliphatic carbocycles. The van der Waals surface area contributed by atoms with Crippen LogP contribution in [-0.4, -0.2) is 14.8 Å². The molecule has 0 fully saturated rings. The average molecular weight is 178 g/mol. The molecule has 68 valence electrons. The zero-order valence-corrected chi connectivity index (χ0v) is 7.27. The van der Waals surface area contributed by atoms with E-state index in [0.29, 0.717) is 18.1 Å². The van der Waals surface area contributed by atoms with Gasteiger partial charge in [-0.15, -0.1) is 0 Å². The fourth-order valence-electron chi connectivity index (χ4n) is 1.13. The summed E-state index contributed by atoms with van der Waals surface area (Å²) in [5, 5.41) is 3.94. The van der Waals surface area contributed by atoms with Crippen molar-refractivity contribution in [3.8, 4) is 11.6 Å². The Hall–Kier alpha value is -1.62. The van der Waals surface area contributed by atoms with E-state index in [4.69, 9.17) is 10.2 Å². The number of furan rings is 1. The molecule has 2 aromatic rings. The first kappa shape index (κ1) is 8.00. The van der Waals surface area contributed by atoms with Crippen molar-refractivity contribution in [3.63, 3.8) is 0 Å². The van der Waals surface area contributed by atoms with Crippen molar-refractivity contribution in [1.82, 2.24) is 14.8 Å². The van der Waals surface area contributed by atoms with Gasteiger partial charge in [0.2, 0.25) is 0 Å². The van der Waals surface area contributed by atoms with Crippen LogP contribution in [-0.2, 0) is 13.6 Å². The summed E-state index contributed by atoms with van der Waals surface area (Å²) in [6.45, 7) is 0.401. The maximum absolute atomic E-state index is 5.42. The summed E-state index contributed by atoms with van der Waals surface area (Å²) in [6.07, 6.45) is 1.49. The van der Waals surface area contributed by atoms with Gasteiger partial charge in [0.15, 0.2) is 11.6 Å². The molecule has 0 unspecified atom stereocenters. The summed E-state index contributed by atoms with van der Waals surface area (Å²) in [4.78, 5) is 4.05. The first-order chi connectivity index (χ1) is 6.31. The second-order valence-electron chi connectivity index (χ2n) is 2.68. The largest absolute Gasteiger partial charge is 0.456 e. The quantitative estimate of drug-likeness (QED) is 0.728. The molecule has 0 radical (unpaired) electrons. The molecule has 0 amide bonds. The number of nitrogens with zero attached hydrogens (tertiary/aromatic N) is 3. The van der Waals surface area contributed by atoms with Crippen LogP contribution in [0.3, 0.4) is 0 Å². The summed E-state index contributed by atoms with van der Waals surface area (Å²) in [5.41, 5.74) is 5.42. The lowest BCUT2D eigenvalue weighted by Crippen LogP contribution is -1.94. The number of nitrogens with two attached hydrogens (primary N) is 1. The van der Waals surface area contributed by atoms with Crippen LogP contribution in [0.5, 0.6) is 0 Å². The number of aryl methyl sites for hydroxylation is 1. The maximum Gasteiger partial charge on any atom is 0.193 e. The second kappa shape index (κ2) is 3.02. The molecular formula is C8H10N4O. The zero-order valence-electron chi connectivity index (χ0n) is 7.27. The Morgan fingerprint density at radius 1 is 1.54 bits per heavy atom. The van der Waals surface area contributed by atoms with E-state index in [1.54, 1.807) is 4.68 Å². The van der Waals surface area contributed by atoms with Crippen molar-refractivity contribution in [3.05, 3.63) is 24.2 Å².